The van der Waals surface area contributed by atoms with E-state index in [0.717, 1.165) is 38.8 Å². The number of hydrogen-bond acceptors (Lipinski definition) is 6. The molecule has 1 N–H and O–H groups in total. The van der Waals surface area contributed by atoms with Gasteiger partial charge in [-0.3, -0.25) is 14.5 Å². The number of anilines is 1. The molecule has 1 amide bonds. The molecule has 0 spiro atoms. The van der Waals surface area contributed by atoms with Gasteiger partial charge in [-0.1, -0.05) is 58.9 Å². The molecule has 3 rings (SSSR count). The van der Waals surface area contributed by atoms with Crippen LogP contribution in [0.2, 0.25) is 10.0 Å². The molecular formula is C16H12Cl2N2O3S3. The van der Waals surface area contributed by atoms with Crippen molar-refractivity contribution < 1.29 is 14.7 Å². The summed E-state index contributed by atoms with van der Waals surface area (Å²) in [6.07, 6.45) is 3.49. The zero-order valence-electron chi connectivity index (χ0n) is 13.4. The second-order valence-corrected chi connectivity index (χ2v) is 8.82. The summed E-state index contributed by atoms with van der Waals surface area (Å²) in [5.74, 6) is -1.50. The summed E-state index contributed by atoms with van der Waals surface area (Å²) in [4.78, 5) is 27.7. The molecule has 26 heavy (non-hydrogen) atoms. The highest BCUT2D eigenvalue weighted by molar-refractivity contribution is 8.26. The van der Waals surface area contributed by atoms with Crippen LogP contribution in [0, 0.1) is 0 Å². The van der Waals surface area contributed by atoms with Crippen molar-refractivity contribution in [3.63, 3.8) is 0 Å². The summed E-state index contributed by atoms with van der Waals surface area (Å²) < 4.78 is 0.246. The van der Waals surface area contributed by atoms with E-state index in [2.05, 4.69) is 4.90 Å². The average Bonchev–Trinajstić information content (AvgIpc) is 3.04. The number of carboxylic acid groups (broad SMARTS) is 1. The number of allylic oxidation sites excluding steroid dienone is 2. The van der Waals surface area contributed by atoms with Crippen molar-refractivity contribution in [2.45, 2.75) is 11.8 Å². The van der Waals surface area contributed by atoms with Crippen molar-refractivity contribution in [2.75, 3.05) is 18.0 Å². The number of halogens is 2. The Morgan fingerprint density at radius 3 is 2.58 bits per heavy atom. The molecule has 0 saturated carbocycles. The van der Waals surface area contributed by atoms with Crippen LogP contribution in [0.25, 0.3) is 0 Å². The fourth-order valence-corrected chi connectivity index (χ4v) is 5.21. The molecule has 2 aliphatic heterocycles. The molecule has 0 aromatic heterocycles. The Balaban J connectivity index is 1.87. The first kappa shape index (κ1) is 19.6. The number of carbonyl (C=O) groups excluding carboxylic acids is 1. The van der Waals surface area contributed by atoms with E-state index in [1.54, 1.807) is 6.08 Å². The summed E-state index contributed by atoms with van der Waals surface area (Å²) >= 11 is 19.9. The molecule has 1 aromatic carbocycles. The number of aliphatic carboxylic acids is 1. The maximum Gasteiger partial charge on any atom is 0.323 e. The van der Waals surface area contributed by atoms with Crippen molar-refractivity contribution in [3.8, 4) is 0 Å². The highest BCUT2D eigenvalue weighted by atomic mass is 35.5. The molecule has 0 radical (unpaired) electrons. The summed E-state index contributed by atoms with van der Waals surface area (Å²) in [6.45, 7) is 2.30. The number of nitrogens with zero attached hydrogens (tertiary/aromatic N) is 2. The third-order valence-electron chi connectivity index (χ3n) is 3.63. The van der Waals surface area contributed by atoms with Gasteiger partial charge in [0.15, 0.2) is 0 Å². The lowest BCUT2D eigenvalue weighted by atomic mass is 10.3. The predicted molar refractivity (Wildman–Crippen MR) is 111 cm³/mol. The fraction of sp³-hybridized carbons (Fsp3) is 0.188. The number of carbonyl (C=O) groups is 2. The van der Waals surface area contributed by atoms with Crippen molar-refractivity contribution in [1.82, 2.24) is 4.90 Å². The molecular weight excluding hydrogens is 435 g/mol. The minimum atomic E-state index is -1.10. The number of carboxylic acids is 1. The highest BCUT2D eigenvalue weighted by Crippen LogP contribution is 2.48. The molecule has 0 bridgehead atoms. The molecule has 136 valence electrons. The summed E-state index contributed by atoms with van der Waals surface area (Å²) in [7, 11) is 0. The van der Waals surface area contributed by atoms with Crippen LogP contribution < -0.4 is 4.90 Å². The first-order valence-corrected chi connectivity index (χ1v) is 10.2. The van der Waals surface area contributed by atoms with Crippen LogP contribution in [0.15, 0.2) is 39.1 Å². The van der Waals surface area contributed by atoms with E-state index < -0.39 is 18.4 Å². The first-order valence-electron chi connectivity index (χ1n) is 7.43. The zero-order valence-corrected chi connectivity index (χ0v) is 17.3. The van der Waals surface area contributed by atoms with Crippen LogP contribution in [-0.2, 0) is 9.59 Å². The Bertz CT molecular complexity index is 886. The monoisotopic (exact) mass is 446 g/mol. The van der Waals surface area contributed by atoms with Gasteiger partial charge < -0.3 is 10.0 Å². The second-order valence-electron chi connectivity index (χ2n) is 5.27. The molecule has 2 heterocycles. The molecule has 0 aliphatic carbocycles. The lowest BCUT2D eigenvalue weighted by Gasteiger charge is -2.18. The van der Waals surface area contributed by atoms with Gasteiger partial charge in [0.25, 0.3) is 5.91 Å². The zero-order chi connectivity index (χ0) is 19.0. The second kappa shape index (κ2) is 7.82. The Labute approximate surface area is 174 Å². The lowest BCUT2D eigenvalue weighted by Crippen LogP contribution is -2.33. The summed E-state index contributed by atoms with van der Waals surface area (Å²) in [6, 6.07) is 3.64. The topological polar surface area (TPSA) is 60.9 Å². The first-order chi connectivity index (χ1) is 12.3. The highest BCUT2D eigenvalue weighted by Gasteiger charge is 2.33. The third kappa shape index (κ3) is 3.75. The molecule has 1 saturated heterocycles. The van der Waals surface area contributed by atoms with Crippen molar-refractivity contribution >= 4 is 80.8 Å². The lowest BCUT2D eigenvalue weighted by molar-refractivity contribution is -0.140. The minimum absolute atomic E-state index is 0.246. The number of thioether (sulfide) groups is 2. The van der Waals surface area contributed by atoms with E-state index in [4.69, 9.17) is 40.5 Å². The Hall–Kier alpha value is -1.19. The third-order valence-corrected chi connectivity index (χ3v) is 6.86. The van der Waals surface area contributed by atoms with Crippen LogP contribution in [0.3, 0.4) is 0 Å². The van der Waals surface area contributed by atoms with Gasteiger partial charge in [-0.05, 0) is 31.2 Å². The number of rotatable bonds is 4. The van der Waals surface area contributed by atoms with Crippen molar-refractivity contribution in [1.29, 1.82) is 0 Å². The van der Waals surface area contributed by atoms with Gasteiger partial charge in [0.2, 0.25) is 0 Å². The normalized spacial score (nSPS) is 19.8. The van der Waals surface area contributed by atoms with Gasteiger partial charge in [-0.2, -0.15) is 0 Å². The van der Waals surface area contributed by atoms with Crippen molar-refractivity contribution in [2.24, 2.45) is 0 Å². The average molecular weight is 447 g/mol. The maximum absolute atomic E-state index is 12.3. The Morgan fingerprint density at radius 1 is 1.23 bits per heavy atom. The largest absolute Gasteiger partial charge is 0.480 e. The Kier molecular flexibility index (Phi) is 5.88. The molecule has 2 aliphatic rings. The molecule has 0 unspecified atom stereocenters. The molecule has 10 heteroatoms. The number of thiocarbonyl (C=S) groups is 1. The predicted octanol–water partition coefficient (Wildman–Crippen LogP) is 4.60. The summed E-state index contributed by atoms with van der Waals surface area (Å²) in [5.41, 5.74) is 0.963. The van der Waals surface area contributed by atoms with Crippen molar-refractivity contribution in [3.05, 3.63) is 44.3 Å². The van der Waals surface area contributed by atoms with Gasteiger partial charge in [0.05, 0.1) is 25.7 Å². The van der Waals surface area contributed by atoms with Gasteiger partial charge in [0.1, 0.15) is 10.9 Å². The molecule has 1 fully saturated rings. The van der Waals surface area contributed by atoms with Gasteiger partial charge in [0, 0.05) is 11.4 Å². The van der Waals surface area contributed by atoms with Crippen LogP contribution >= 0.6 is 58.9 Å². The number of hydrogen-bond donors (Lipinski definition) is 1. The van der Waals surface area contributed by atoms with Crippen LogP contribution in [0.4, 0.5) is 5.69 Å². The SMILES string of the molecule is CCN1/C(=C/C=C2/SC(=S)N(CC(=O)O)C2=O)Sc2cc(Cl)c(Cl)cc21. The fourth-order valence-electron chi connectivity index (χ4n) is 2.48. The minimum Gasteiger partial charge on any atom is -0.480 e. The van der Waals surface area contributed by atoms with E-state index >= 15 is 0 Å². The van der Waals surface area contributed by atoms with E-state index in [9.17, 15) is 9.59 Å². The van der Waals surface area contributed by atoms with Crippen LogP contribution in [-0.4, -0.2) is 39.3 Å². The van der Waals surface area contributed by atoms with Crippen LogP contribution in [0.1, 0.15) is 6.92 Å². The number of benzene rings is 1. The van der Waals surface area contributed by atoms with E-state index in [-0.39, 0.29) is 4.32 Å². The maximum atomic E-state index is 12.3. The van der Waals surface area contributed by atoms with Gasteiger partial charge >= 0.3 is 5.97 Å². The van der Waals surface area contributed by atoms with Gasteiger partial charge in [-0.15, -0.1) is 0 Å². The quantitative estimate of drug-likeness (QED) is 0.535. The number of amides is 1. The van der Waals surface area contributed by atoms with E-state index in [1.807, 2.05) is 25.1 Å². The smallest absolute Gasteiger partial charge is 0.323 e. The molecule has 1 aromatic rings. The summed E-state index contributed by atoms with van der Waals surface area (Å²) in [5, 5.41) is 10.8. The Morgan fingerprint density at radius 2 is 1.92 bits per heavy atom. The standard InChI is InChI=1S/C16H12Cl2N2O3S3/c1-2-19-10-5-8(17)9(18)6-12(10)25-13(19)4-3-11-15(23)20(7-14(21)22)16(24)26-11/h3-6H,2,7H2,1H3,(H,21,22)/b11-3+,13-4-. The van der Waals surface area contributed by atoms with Crippen LogP contribution in [0.5, 0.6) is 0 Å². The van der Waals surface area contributed by atoms with E-state index in [0.29, 0.717) is 15.0 Å². The molecule has 0 atom stereocenters. The molecule has 5 nitrogen and oxygen atoms in total. The van der Waals surface area contributed by atoms with Gasteiger partial charge in [-0.25, -0.2) is 0 Å². The van der Waals surface area contributed by atoms with E-state index in [1.165, 1.54) is 11.8 Å². The number of fused-ring (bicyclic) bond motifs is 1.